The van der Waals surface area contributed by atoms with E-state index in [1.165, 1.54) is 11.6 Å². The summed E-state index contributed by atoms with van der Waals surface area (Å²) in [5.41, 5.74) is 5.00. The second kappa shape index (κ2) is 8.47. The minimum absolute atomic E-state index is 0.108. The van der Waals surface area contributed by atoms with Crippen molar-refractivity contribution in [3.05, 3.63) is 99.3 Å². The SMILES string of the molecule is CCc1ccc(C2=N[C@H](c3ccc(F)c(Br)c3)N[C@H](c3ccccc3O)C2)cc1. The number of hydrogen-bond acceptors (Lipinski definition) is 3. The lowest BCUT2D eigenvalue weighted by Gasteiger charge is -2.31. The lowest BCUT2D eigenvalue weighted by Crippen LogP contribution is -2.33. The summed E-state index contributed by atoms with van der Waals surface area (Å²) >= 11 is 3.27. The molecular formula is C24H22BrFN2O. The second-order valence-electron chi connectivity index (χ2n) is 7.18. The minimum atomic E-state index is -0.342. The first-order valence-electron chi connectivity index (χ1n) is 9.70. The monoisotopic (exact) mass is 452 g/mol. The highest BCUT2D eigenvalue weighted by Gasteiger charge is 2.27. The molecule has 0 aromatic heterocycles. The number of aliphatic imine (C=N–C) groups is 1. The summed E-state index contributed by atoms with van der Waals surface area (Å²) in [7, 11) is 0. The van der Waals surface area contributed by atoms with Crippen molar-refractivity contribution in [2.24, 2.45) is 4.99 Å². The van der Waals surface area contributed by atoms with Gasteiger partial charge in [0.15, 0.2) is 0 Å². The zero-order valence-electron chi connectivity index (χ0n) is 16.1. The zero-order valence-corrected chi connectivity index (χ0v) is 17.7. The Kier molecular flexibility index (Phi) is 5.79. The van der Waals surface area contributed by atoms with Gasteiger partial charge in [0.05, 0.1) is 4.47 Å². The highest BCUT2D eigenvalue weighted by atomic mass is 79.9. The van der Waals surface area contributed by atoms with Gasteiger partial charge < -0.3 is 5.11 Å². The van der Waals surface area contributed by atoms with Gasteiger partial charge in [0.1, 0.15) is 17.7 Å². The Morgan fingerprint density at radius 2 is 1.86 bits per heavy atom. The first-order chi connectivity index (χ1) is 14.0. The largest absolute Gasteiger partial charge is 0.508 e. The third kappa shape index (κ3) is 4.26. The lowest BCUT2D eigenvalue weighted by molar-refractivity contribution is 0.412. The van der Waals surface area contributed by atoms with Crippen LogP contribution < -0.4 is 5.32 Å². The molecule has 1 aliphatic heterocycles. The van der Waals surface area contributed by atoms with Crippen LogP contribution in [0, 0.1) is 5.82 Å². The Bertz CT molecular complexity index is 1050. The van der Waals surface area contributed by atoms with E-state index in [4.69, 9.17) is 4.99 Å². The normalized spacial score (nSPS) is 19.1. The van der Waals surface area contributed by atoms with Gasteiger partial charge in [-0.05, 0) is 57.2 Å². The van der Waals surface area contributed by atoms with Gasteiger partial charge in [-0.3, -0.25) is 10.3 Å². The molecule has 2 N–H and O–H groups in total. The number of para-hydroxylation sites is 1. The van der Waals surface area contributed by atoms with Crippen LogP contribution >= 0.6 is 15.9 Å². The fourth-order valence-corrected chi connectivity index (χ4v) is 4.05. The molecule has 4 rings (SSSR count). The standard InChI is InChI=1S/C24H22BrFN2O/c1-2-15-7-9-16(10-8-15)21-14-22(18-5-3-4-6-23(18)29)28-24(27-21)17-11-12-20(26)19(25)13-17/h3-13,22,24,28-29H,2,14H2,1H3/t22-,24-/m0/s1. The fraction of sp³-hybridized carbons (Fsp3) is 0.208. The quantitative estimate of drug-likeness (QED) is 0.503. The highest BCUT2D eigenvalue weighted by Crippen LogP contribution is 2.35. The zero-order chi connectivity index (χ0) is 20.4. The third-order valence-corrected chi connectivity index (χ3v) is 5.92. The molecule has 0 radical (unpaired) electrons. The Balaban J connectivity index is 1.75. The summed E-state index contributed by atoms with van der Waals surface area (Å²) in [6.07, 6.45) is 1.30. The molecule has 3 nitrogen and oxygen atoms in total. The molecule has 0 bridgehead atoms. The number of aromatic hydroxyl groups is 1. The van der Waals surface area contributed by atoms with E-state index >= 15 is 0 Å². The van der Waals surface area contributed by atoms with Crippen LogP contribution in [0.25, 0.3) is 0 Å². The Morgan fingerprint density at radius 1 is 1.10 bits per heavy atom. The molecule has 1 heterocycles. The van der Waals surface area contributed by atoms with Gasteiger partial charge in [0.25, 0.3) is 0 Å². The maximum Gasteiger partial charge on any atom is 0.137 e. The van der Waals surface area contributed by atoms with Crippen LogP contribution in [0.1, 0.15) is 47.8 Å². The average Bonchev–Trinajstić information content (AvgIpc) is 2.75. The van der Waals surface area contributed by atoms with Gasteiger partial charge >= 0.3 is 0 Å². The van der Waals surface area contributed by atoms with E-state index in [1.807, 2.05) is 18.2 Å². The number of phenols is 1. The van der Waals surface area contributed by atoms with Gasteiger partial charge in [-0.25, -0.2) is 4.39 Å². The van der Waals surface area contributed by atoms with Gasteiger partial charge in [-0.1, -0.05) is 55.5 Å². The van der Waals surface area contributed by atoms with Crippen molar-refractivity contribution in [1.29, 1.82) is 0 Å². The fourth-order valence-electron chi connectivity index (χ4n) is 3.65. The van der Waals surface area contributed by atoms with E-state index in [9.17, 15) is 9.50 Å². The third-order valence-electron chi connectivity index (χ3n) is 5.31. The molecule has 2 atom stereocenters. The molecular weight excluding hydrogens is 431 g/mol. The van der Waals surface area contributed by atoms with Crippen molar-refractivity contribution in [3.8, 4) is 5.75 Å². The van der Waals surface area contributed by atoms with Crippen molar-refractivity contribution in [2.75, 3.05) is 0 Å². The Morgan fingerprint density at radius 3 is 2.55 bits per heavy atom. The summed E-state index contributed by atoms with van der Waals surface area (Å²) in [4.78, 5) is 4.93. The molecule has 0 fully saturated rings. The van der Waals surface area contributed by atoms with Gasteiger partial charge in [0, 0.05) is 23.7 Å². The lowest BCUT2D eigenvalue weighted by atomic mass is 9.93. The number of hydrogen-bond donors (Lipinski definition) is 2. The predicted octanol–water partition coefficient (Wildman–Crippen LogP) is 6.08. The molecule has 148 valence electrons. The van der Waals surface area contributed by atoms with E-state index < -0.39 is 0 Å². The minimum Gasteiger partial charge on any atom is -0.508 e. The van der Waals surface area contributed by atoms with E-state index in [-0.39, 0.29) is 23.8 Å². The summed E-state index contributed by atoms with van der Waals surface area (Å²) in [6, 6.07) is 20.6. The van der Waals surface area contributed by atoms with Crippen molar-refractivity contribution < 1.29 is 9.50 Å². The number of halogens is 2. The molecule has 29 heavy (non-hydrogen) atoms. The summed E-state index contributed by atoms with van der Waals surface area (Å²) < 4.78 is 14.1. The number of nitrogens with zero attached hydrogens (tertiary/aromatic N) is 1. The molecule has 5 heteroatoms. The molecule has 0 saturated heterocycles. The summed E-state index contributed by atoms with van der Waals surface area (Å²) in [6.45, 7) is 2.13. The van der Waals surface area contributed by atoms with E-state index in [2.05, 4.69) is 52.4 Å². The molecule has 0 amide bonds. The molecule has 0 unspecified atom stereocenters. The van der Waals surface area contributed by atoms with Gasteiger partial charge in [0.2, 0.25) is 0 Å². The van der Waals surface area contributed by atoms with Crippen LogP contribution in [0.5, 0.6) is 5.75 Å². The van der Waals surface area contributed by atoms with Crippen LogP contribution in [-0.2, 0) is 6.42 Å². The number of phenolic OH excluding ortho intramolecular Hbond substituents is 1. The van der Waals surface area contributed by atoms with Crippen LogP contribution in [-0.4, -0.2) is 10.8 Å². The van der Waals surface area contributed by atoms with Crippen molar-refractivity contribution in [1.82, 2.24) is 5.32 Å². The van der Waals surface area contributed by atoms with Gasteiger partial charge in [-0.2, -0.15) is 0 Å². The van der Waals surface area contributed by atoms with E-state index in [0.717, 1.165) is 28.8 Å². The number of aryl methyl sites for hydroxylation is 1. The molecule has 0 spiro atoms. The first-order valence-corrected chi connectivity index (χ1v) is 10.5. The van der Waals surface area contributed by atoms with Crippen LogP contribution in [0.2, 0.25) is 0 Å². The van der Waals surface area contributed by atoms with Crippen LogP contribution in [0.3, 0.4) is 0 Å². The van der Waals surface area contributed by atoms with Crippen LogP contribution in [0.4, 0.5) is 4.39 Å². The molecule has 0 saturated carbocycles. The average molecular weight is 453 g/mol. The predicted molar refractivity (Wildman–Crippen MR) is 118 cm³/mol. The number of rotatable bonds is 4. The number of benzene rings is 3. The molecule has 3 aromatic rings. The smallest absolute Gasteiger partial charge is 0.137 e. The summed E-state index contributed by atoms with van der Waals surface area (Å²) in [5, 5.41) is 13.9. The molecule has 1 aliphatic rings. The first kappa shape index (κ1) is 19.8. The van der Waals surface area contributed by atoms with E-state index in [1.54, 1.807) is 18.2 Å². The molecule has 3 aromatic carbocycles. The van der Waals surface area contributed by atoms with Crippen LogP contribution in [0.15, 0.2) is 76.2 Å². The maximum atomic E-state index is 13.7. The second-order valence-corrected chi connectivity index (χ2v) is 8.04. The Hall–Kier alpha value is -2.50. The number of nitrogens with one attached hydrogen (secondary N) is 1. The topological polar surface area (TPSA) is 44.6 Å². The summed E-state index contributed by atoms with van der Waals surface area (Å²) in [5.74, 6) is -0.0483. The van der Waals surface area contributed by atoms with Crippen molar-refractivity contribution in [2.45, 2.75) is 32.0 Å². The van der Waals surface area contributed by atoms with Crippen molar-refractivity contribution in [3.63, 3.8) is 0 Å². The van der Waals surface area contributed by atoms with Gasteiger partial charge in [-0.15, -0.1) is 0 Å². The Labute approximate surface area is 178 Å². The molecule has 0 aliphatic carbocycles. The van der Waals surface area contributed by atoms with E-state index in [0.29, 0.717) is 10.9 Å². The highest BCUT2D eigenvalue weighted by molar-refractivity contribution is 9.10. The maximum absolute atomic E-state index is 13.7. The van der Waals surface area contributed by atoms with Crippen molar-refractivity contribution >= 4 is 21.6 Å².